The van der Waals surface area contributed by atoms with Crippen molar-refractivity contribution in [1.82, 2.24) is 26.2 Å². The number of halogens is 5. The third-order valence-electron chi connectivity index (χ3n) is 5.12. The van der Waals surface area contributed by atoms with Crippen molar-refractivity contribution in [3.8, 4) is 0 Å². The number of benzene rings is 2. The molecule has 4 aromatic rings. The van der Waals surface area contributed by atoms with Crippen molar-refractivity contribution in [3.05, 3.63) is 81.6 Å². The lowest BCUT2D eigenvalue weighted by Crippen LogP contribution is -2.44. The van der Waals surface area contributed by atoms with Crippen LogP contribution in [0.3, 0.4) is 0 Å². The molecule has 2 aromatic carbocycles. The minimum absolute atomic E-state index is 0. The number of carbonyl (C=O) groups is 3. The van der Waals surface area contributed by atoms with Gasteiger partial charge in [-0.2, -0.15) is 0 Å². The fourth-order valence-corrected chi connectivity index (χ4v) is 3.90. The van der Waals surface area contributed by atoms with E-state index in [1.807, 2.05) is 5.43 Å². The first-order chi connectivity index (χ1) is 19.2. The number of pyridine rings is 2. The molecule has 0 aliphatic heterocycles. The molecule has 0 aliphatic rings. The summed E-state index contributed by atoms with van der Waals surface area (Å²) in [7, 11) is 0. The van der Waals surface area contributed by atoms with Crippen molar-refractivity contribution in [2.45, 2.75) is 46.6 Å². The molecule has 0 fully saturated rings. The van der Waals surface area contributed by atoms with E-state index in [0.717, 1.165) is 0 Å². The van der Waals surface area contributed by atoms with Gasteiger partial charge in [0.15, 0.2) is 0 Å². The second-order valence-corrected chi connectivity index (χ2v) is 10.6. The average Bonchev–Trinajstić information content (AvgIpc) is 2.86. The molecule has 0 saturated heterocycles. The van der Waals surface area contributed by atoms with E-state index in [1.165, 1.54) is 24.5 Å². The van der Waals surface area contributed by atoms with Crippen molar-refractivity contribution >= 4 is 75.3 Å². The highest BCUT2D eigenvalue weighted by Gasteiger charge is 2.17. The molecule has 0 spiro atoms. The molecular formula is C28H31Cl3F2N6O4. The summed E-state index contributed by atoms with van der Waals surface area (Å²) in [5.41, 5.74) is 6.99. The van der Waals surface area contributed by atoms with Gasteiger partial charge in [-0.25, -0.2) is 24.8 Å². The molecule has 2 heterocycles. The Bertz CT molecular complexity index is 1620. The number of rotatable bonds is 4. The maximum Gasteiger partial charge on any atom is 0.426 e. The van der Waals surface area contributed by atoms with E-state index < -0.39 is 35.1 Å². The fraction of sp³-hybridized carbons (Fsp3) is 0.250. The van der Waals surface area contributed by atoms with Crippen LogP contribution in [0.5, 0.6) is 0 Å². The van der Waals surface area contributed by atoms with Gasteiger partial charge in [0.2, 0.25) is 11.8 Å². The van der Waals surface area contributed by atoms with Gasteiger partial charge in [0.1, 0.15) is 28.3 Å². The van der Waals surface area contributed by atoms with Gasteiger partial charge in [0.25, 0.3) is 0 Å². The molecule has 0 radical (unpaired) electrons. The molecule has 15 heteroatoms. The number of aromatic nitrogens is 2. The quantitative estimate of drug-likeness (QED) is 0.124. The summed E-state index contributed by atoms with van der Waals surface area (Å²) >= 11 is 11.6. The number of nitrogens with two attached hydrogens (primary N) is 1. The molecule has 5 N–H and O–H groups in total. The van der Waals surface area contributed by atoms with Crippen LogP contribution >= 0.6 is 35.6 Å². The van der Waals surface area contributed by atoms with Gasteiger partial charge in [-0.15, -0.1) is 12.4 Å². The Morgan fingerprint density at radius 3 is 1.67 bits per heavy atom. The van der Waals surface area contributed by atoms with E-state index in [0.29, 0.717) is 31.9 Å². The zero-order chi connectivity index (χ0) is 30.3. The Labute approximate surface area is 263 Å². The Balaban J connectivity index is 0.000000432. The number of hydrazine groups is 2. The first-order valence-corrected chi connectivity index (χ1v) is 12.7. The van der Waals surface area contributed by atoms with E-state index in [-0.39, 0.29) is 43.7 Å². The maximum atomic E-state index is 14.0. The summed E-state index contributed by atoms with van der Waals surface area (Å²) in [6.07, 6.45) is 1.82. The van der Waals surface area contributed by atoms with Crippen molar-refractivity contribution in [2.24, 2.45) is 5.84 Å². The highest BCUT2D eigenvalue weighted by Crippen LogP contribution is 2.23. The van der Waals surface area contributed by atoms with Gasteiger partial charge in [-0.1, -0.05) is 30.6 Å². The number of carbonyl (C=O) groups excluding carboxylic acids is 3. The molecule has 0 bridgehead atoms. The van der Waals surface area contributed by atoms with Crippen molar-refractivity contribution in [1.29, 1.82) is 0 Å². The van der Waals surface area contributed by atoms with E-state index >= 15 is 0 Å². The van der Waals surface area contributed by atoms with Crippen molar-refractivity contribution in [2.75, 3.05) is 0 Å². The summed E-state index contributed by atoms with van der Waals surface area (Å²) < 4.78 is 32.6. The third kappa shape index (κ3) is 11.4. The van der Waals surface area contributed by atoms with Crippen LogP contribution in [0.2, 0.25) is 10.0 Å². The highest BCUT2D eigenvalue weighted by atomic mass is 35.5. The third-order valence-corrected chi connectivity index (χ3v) is 5.53. The summed E-state index contributed by atoms with van der Waals surface area (Å²) in [6.45, 7) is 5.10. The molecule has 0 saturated carbocycles. The molecular weight excluding hydrogens is 629 g/mol. The molecule has 0 aliphatic carbocycles. The maximum absolute atomic E-state index is 14.0. The van der Waals surface area contributed by atoms with Crippen LogP contribution in [0.1, 0.15) is 39.3 Å². The van der Waals surface area contributed by atoms with Crippen LogP contribution in [0.15, 0.2) is 48.8 Å². The number of hydrogen-bond acceptors (Lipinski definition) is 7. The van der Waals surface area contributed by atoms with Gasteiger partial charge in [0.05, 0.1) is 22.9 Å². The number of nitrogens with one attached hydrogen (secondary N) is 3. The summed E-state index contributed by atoms with van der Waals surface area (Å²) in [5.74, 6) is 3.02. The molecule has 0 atom stereocenters. The molecule has 43 heavy (non-hydrogen) atoms. The lowest BCUT2D eigenvalue weighted by atomic mass is 10.1. The molecule has 0 unspecified atom stereocenters. The van der Waals surface area contributed by atoms with Crippen molar-refractivity contribution < 1.29 is 27.9 Å². The van der Waals surface area contributed by atoms with E-state index in [4.69, 9.17) is 33.8 Å². The number of amides is 3. The van der Waals surface area contributed by atoms with E-state index in [1.54, 1.807) is 45.0 Å². The minimum Gasteiger partial charge on any atom is -0.443 e. The average molecular weight is 660 g/mol. The number of nitrogens with zero attached hydrogens (tertiary/aromatic N) is 2. The summed E-state index contributed by atoms with van der Waals surface area (Å²) in [4.78, 5) is 42.2. The van der Waals surface area contributed by atoms with E-state index in [9.17, 15) is 23.2 Å². The molecule has 10 nitrogen and oxygen atoms in total. The first kappa shape index (κ1) is 37.2. The van der Waals surface area contributed by atoms with Crippen LogP contribution in [0, 0.1) is 11.6 Å². The lowest BCUT2D eigenvalue weighted by Gasteiger charge is -2.19. The standard InChI is InChI=1S/C16H17ClFN3O3.C11H9ClFN3O.CH4.ClH/c1-16(2,3)24-15(23)21-20-13(22)6-9-4-10-7-11(17)8-19-14(10)12(18)5-9;12-8-4-7-1-6(3-10(17)16-14)2-9(13)11(7)15-5-8;;/h4-5,7-8H,6H2,1-3H3,(H,20,22)(H,21,23);1-2,4-5H,3,14H2,(H,16,17);1H4;1H. The monoisotopic (exact) mass is 658 g/mol. The fourth-order valence-electron chi connectivity index (χ4n) is 3.57. The second kappa shape index (κ2) is 16.1. The van der Waals surface area contributed by atoms with Crippen LogP contribution in [0.4, 0.5) is 13.6 Å². The first-order valence-electron chi connectivity index (χ1n) is 12.0. The largest absolute Gasteiger partial charge is 0.443 e. The highest BCUT2D eigenvalue weighted by molar-refractivity contribution is 6.31. The van der Waals surface area contributed by atoms with Crippen LogP contribution < -0.4 is 22.1 Å². The smallest absolute Gasteiger partial charge is 0.426 e. The SMILES string of the molecule is C.CC(C)(C)OC(=O)NNC(=O)Cc1cc(F)c2ncc(Cl)cc2c1.Cl.NNC(=O)Cc1cc(F)c2ncc(Cl)cc2c1. The molecule has 4 rings (SSSR count). The topological polar surface area (TPSA) is 148 Å². The zero-order valence-electron chi connectivity index (χ0n) is 22.6. The van der Waals surface area contributed by atoms with Gasteiger partial charge in [-0.3, -0.25) is 30.4 Å². The Morgan fingerprint density at radius 1 is 0.814 bits per heavy atom. The van der Waals surface area contributed by atoms with E-state index in [2.05, 4.69) is 20.8 Å². The Morgan fingerprint density at radius 2 is 1.26 bits per heavy atom. The lowest BCUT2D eigenvalue weighted by molar-refractivity contribution is -0.121. The predicted octanol–water partition coefficient (Wildman–Crippen LogP) is 5.74. The normalized spacial score (nSPS) is 10.4. The summed E-state index contributed by atoms with van der Waals surface area (Å²) in [5, 5.41) is 1.83. The van der Waals surface area contributed by atoms with Crippen LogP contribution in [0.25, 0.3) is 21.8 Å². The minimum atomic E-state index is -0.781. The number of hydrogen-bond donors (Lipinski definition) is 4. The van der Waals surface area contributed by atoms with Gasteiger partial charge >= 0.3 is 6.09 Å². The van der Waals surface area contributed by atoms with Crippen LogP contribution in [-0.4, -0.2) is 33.5 Å². The number of fused-ring (bicyclic) bond motifs is 2. The second-order valence-electron chi connectivity index (χ2n) is 9.70. The summed E-state index contributed by atoms with van der Waals surface area (Å²) in [6, 6.07) is 8.91. The molecule has 2 aromatic heterocycles. The molecule has 232 valence electrons. The van der Waals surface area contributed by atoms with Crippen LogP contribution in [-0.2, 0) is 27.2 Å². The Hall–Kier alpha value is -3.84. The Kier molecular flexibility index (Phi) is 13.9. The van der Waals surface area contributed by atoms with Crippen molar-refractivity contribution in [3.63, 3.8) is 0 Å². The number of ether oxygens (including phenoxy) is 1. The van der Waals surface area contributed by atoms with Gasteiger partial charge in [0, 0.05) is 23.2 Å². The zero-order valence-corrected chi connectivity index (χ0v) is 24.9. The van der Waals surface area contributed by atoms with Gasteiger partial charge in [-0.05, 0) is 68.3 Å². The van der Waals surface area contributed by atoms with Gasteiger partial charge < -0.3 is 4.74 Å². The predicted molar refractivity (Wildman–Crippen MR) is 165 cm³/mol. The molecule has 3 amide bonds.